The summed E-state index contributed by atoms with van der Waals surface area (Å²) in [5, 5.41) is 2.76. The molecule has 0 saturated carbocycles. The van der Waals surface area contributed by atoms with Crippen LogP contribution in [0.15, 0.2) is 41.8 Å². The summed E-state index contributed by atoms with van der Waals surface area (Å²) in [6.45, 7) is 10.8. The van der Waals surface area contributed by atoms with Crippen LogP contribution in [-0.4, -0.2) is 57.9 Å². The first kappa shape index (κ1) is 20.6. The van der Waals surface area contributed by atoms with Gasteiger partial charge in [0.15, 0.2) is 6.54 Å². The second kappa shape index (κ2) is 9.30. The van der Waals surface area contributed by atoms with Crippen molar-refractivity contribution in [3.63, 3.8) is 0 Å². The molecule has 7 heteroatoms. The van der Waals surface area contributed by atoms with E-state index in [1.54, 1.807) is 18.2 Å². The number of benzene rings is 1. The lowest BCUT2D eigenvalue weighted by Gasteiger charge is -2.31. The lowest BCUT2D eigenvalue weighted by Crippen LogP contribution is -3.15. The number of piperazine rings is 1. The van der Waals surface area contributed by atoms with E-state index in [1.807, 2.05) is 12.1 Å². The molecule has 1 saturated heterocycles. The Balaban J connectivity index is 1.95. The summed E-state index contributed by atoms with van der Waals surface area (Å²) in [6.07, 6.45) is 2.67. The number of rotatable bonds is 8. The molecule has 6 nitrogen and oxygen atoms in total. The highest BCUT2D eigenvalue weighted by atomic mass is 32.2. The zero-order valence-electron chi connectivity index (χ0n) is 15.7. The second-order valence-corrected chi connectivity index (χ2v) is 8.74. The van der Waals surface area contributed by atoms with Crippen LogP contribution >= 0.6 is 0 Å². The summed E-state index contributed by atoms with van der Waals surface area (Å²) in [4.78, 5) is 13.2. The molecular formula is C19H30N3O3S+. The maximum absolute atomic E-state index is 12.8. The average Bonchev–Trinajstić information content (AvgIpc) is 2.66. The highest BCUT2D eigenvalue weighted by Gasteiger charge is 2.31. The van der Waals surface area contributed by atoms with Crippen molar-refractivity contribution in [2.24, 2.45) is 0 Å². The van der Waals surface area contributed by atoms with Crippen LogP contribution in [0.2, 0.25) is 0 Å². The highest BCUT2D eigenvalue weighted by molar-refractivity contribution is 7.89. The van der Waals surface area contributed by atoms with Gasteiger partial charge in [0.1, 0.15) is 0 Å². The van der Waals surface area contributed by atoms with Gasteiger partial charge >= 0.3 is 0 Å². The number of carbonyl (C=O) groups is 1. The van der Waals surface area contributed by atoms with Crippen LogP contribution < -0.4 is 10.2 Å². The predicted octanol–water partition coefficient (Wildman–Crippen LogP) is 0.392. The molecule has 1 heterocycles. The van der Waals surface area contributed by atoms with E-state index in [2.05, 4.69) is 25.7 Å². The molecule has 0 bridgehead atoms. The Bertz CT molecular complexity index is 708. The first-order valence-corrected chi connectivity index (χ1v) is 10.6. The molecule has 1 aromatic rings. The Hall–Kier alpha value is -1.70. The van der Waals surface area contributed by atoms with Gasteiger partial charge in [0, 0.05) is 6.54 Å². The first-order valence-electron chi connectivity index (χ1n) is 9.19. The maximum atomic E-state index is 12.8. The third-order valence-electron chi connectivity index (χ3n) is 4.98. The summed E-state index contributed by atoms with van der Waals surface area (Å²) >= 11 is 0. The topological polar surface area (TPSA) is 70.9 Å². The van der Waals surface area contributed by atoms with E-state index < -0.39 is 10.0 Å². The van der Waals surface area contributed by atoms with Crippen LogP contribution in [-0.2, 0) is 14.8 Å². The number of nitrogens with one attached hydrogen (secondary N) is 2. The van der Waals surface area contributed by atoms with Crippen molar-refractivity contribution in [1.82, 2.24) is 9.62 Å². The quantitative estimate of drug-likeness (QED) is 0.641. The minimum atomic E-state index is -3.47. The zero-order chi connectivity index (χ0) is 19.2. The Morgan fingerprint density at radius 1 is 1.31 bits per heavy atom. The maximum Gasteiger partial charge on any atom is 0.275 e. The summed E-state index contributed by atoms with van der Waals surface area (Å²) in [5.41, 5.74) is 1.16. The van der Waals surface area contributed by atoms with E-state index in [-0.39, 0.29) is 5.91 Å². The van der Waals surface area contributed by atoms with Crippen LogP contribution in [0.4, 0.5) is 0 Å². The molecular weight excluding hydrogens is 350 g/mol. The van der Waals surface area contributed by atoms with Crippen molar-refractivity contribution < 1.29 is 18.1 Å². The zero-order valence-corrected chi connectivity index (χ0v) is 16.5. The molecule has 0 radical (unpaired) electrons. The van der Waals surface area contributed by atoms with Gasteiger partial charge in [-0.3, -0.25) is 4.79 Å². The minimum Gasteiger partial charge on any atom is -0.348 e. The van der Waals surface area contributed by atoms with Gasteiger partial charge in [-0.15, -0.1) is 6.58 Å². The third-order valence-corrected chi connectivity index (χ3v) is 6.90. The Labute approximate surface area is 156 Å². The van der Waals surface area contributed by atoms with Crippen molar-refractivity contribution in [3.05, 3.63) is 42.5 Å². The van der Waals surface area contributed by atoms with Crippen LogP contribution in [0.3, 0.4) is 0 Å². The molecule has 2 N–H and O–H groups in total. The lowest BCUT2D eigenvalue weighted by molar-refractivity contribution is -0.895. The van der Waals surface area contributed by atoms with Gasteiger partial charge in [-0.05, 0) is 30.0 Å². The van der Waals surface area contributed by atoms with E-state index in [1.165, 1.54) is 4.31 Å². The highest BCUT2D eigenvalue weighted by Crippen LogP contribution is 2.22. The van der Waals surface area contributed by atoms with Gasteiger partial charge in [-0.25, -0.2) is 8.42 Å². The number of hydrogen-bond acceptors (Lipinski definition) is 3. The number of carbonyl (C=O) groups excluding carboxylic acids is 1. The molecule has 1 aromatic carbocycles. The molecule has 0 unspecified atom stereocenters. The standard InChI is InChI=1S/C19H29N3O3S/c1-4-10-20-19(23)15-21-11-13-22(14-12-21)26(24,25)18-8-6-17(7-9-18)16(3)5-2/h4,6-9,16H,1,5,10-15H2,2-3H3,(H,20,23)/p+1/t16-/m1/s1. The Kier molecular flexibility index (Phi) is 7.37. The van der Waals surface area contributed by atoms with E-state index in [9.17, 15) is 13.2 Å². The average molecular weight is 381 g/mol. The van der Waals surface area contributed by atoms with Gasteiger partial charge < -0.3 is 10.2 Å². The normalized spacial score (nSPS) is 17.6. The van der Waals surface area contributed by atoms with Crippen LogP contribution in [0.25, 0.3) is 0 Å². The number of sulfonamides is 1. The Morgan fingerprint density at radius 3 is 2.46 bits per heavy atom. The fourth-order valence-corrected chi connectivity index (χ4v) is 4.49. The molecule has 0 spiro atoms. The predicted molar refractivity (Wildman–Crippen MR) is 103 cm³/mol. The molecule has 26 heavy (non-hydrogen) atoms. The fourth-order valence-electron chi connectivity index (χ4n) is 3.05. The molecule has 1 atom stereocenters. The monoisotopic (exact) mass is 380 g/mol. The van der Waals surface area contributed by atoms with Gasteiger partial charge in [0.25, 0.3) is 5.91 Å². The summed E-state index contributed by atoms with van der Waals surface area (Å²) in [7, 11) is -3.47. The van der Waals surface area contributed by atoms with E-state index in [0.717, 1.165) is 16.9 Å². The number of quaternary nitrogens is 1. The van der Waals surface area contributed by atoms with Crippen LogP contribution in [0.5, 0.6) is 0 Å². The van der Waals surface area contributed by atoms with Gasteiger partial charge in [-0.1, -0.05) is 32.1 Å². The molecule has 0 aromatic heterocycles. The lowest BCUT2D eigenvalue weighted by atomic mass is 9.99. The van der Waals surface area contributed by atoms with Crippen molar-refractivity contribution in [1.29, 1.82) is 0 Å². The summed E-state index contributed by atoms with van der Waals surface area (Å²) < 4.78 is 27.2. The van der Waals surface area contributed by atoms with Crippen molar-refractivity contribution in [2.75, 3.05) is 39.3 Å². The molecule has 144 valence electrons. The number of hydrogen-bond donors (Lipinski definition) is 2. The SMILES string of the molecule is C=CCNC(=O)C[NH+]1CCN(S(=O)(=O)c2ccc([C@H](C)CC)cc2)CC1. The smallest absolute Gasteiger partial charge is 0.275 e. The van der Waals surface area contributed by atoms with Gasteiger partial charge in [-0.2, -0.15) is 4.31 Å². The van der Waals surface area contributed by atoms with E-state index >= 15 is 0 Å². The summed E-state index contributed by atoms with van der Waals surface area (Å²) in [5.74, 6) is 0.392. The second-order valence-electron chi connectivity index (χ2n) is 6.80. The van der Waals surface area contributed by atoms with E-state index in [4.69, 9.17) is 0 Å². The molecule has 1 fully saturated rings. The molecule has 1 amide bonds. The Morgan fingerprint density at radius 2 is 1.92 bits per heavy atom. The van der Waals surface area contributed by atoms with Gasteiger partial charge in [0.05, 0.1) is 31.1 Å². The van der Waals surface area contributed by atoms with E-state index in [0.29, 0.717) is 50.1 Å². The molecule has 1 aliphatic heterocycles. The van der Waals surface area contributed by atoms with Crippen molar-refractivity contribution in [2.45, 2.75) is 31.1 Å². The first-order chi connectivity index (χ1) is 12.4. The number of nitrogens with zero attached hydrogens (tertiary/aromatic N) is 1. The van der Waals surface area contributed by atoms with Gasteiger partial charge in [0.2, 0.25) is 10.0 Å². The summed E-state index contributed by atoms with van der Waals surface area (Å²) in [6, 6.07) is 7.23. The van der Waals surface area contributed by atoms with Crippen molar-refractivity contribution in [3.8, 4) is 0 Å². The third kappa shape index (κ3) is 5.16. The molecule has 2 rings (SSSR count). The minimum absolute atomic E-state index is 0.0307. The molecule has 1 aliphatic rings. The van der Waals surface area contributed by atoms with Crippen LogP contribution in [0.1, 0.15) is 31.7 Å². The number of amides is 1. The molecule has 0 aliphatic carbocycles. The van der Waals surface area contributed by atoms with Crippen molar-refractivity contribution >= 4 is 15.9 Å². The van der Waals surface area contributed by atoms with Crippen LogP contribution in [0, 0.1) is 0 Å². The fraction of sp³-hybridized carbons (Fsp3) is 0.526. The largest absolute Gasteiger partial charge is 0.348 e.